The molecule has 1 aromatic heterocycles. The molecule has 0 aromatic carbocycles. The molecule has 0 radical (unpaired) electrons. The predicted molar refractivity (Wildman–Crippen MR) is 68.2 cm³/mol. The Morgan fingerprint density at radius 2 is 2.00 bits per heavy atom. The Labute approximate surface area is 102 Å². The van der Waals surface area contributed by atoms with Gasteiger partial charge in [0.05, 0.1) is 11.9 Å². The average Bonchev–Trinajstić information content (AvgIpc) is 2.30. The molecule has 4 heteroatoms. The second kappa shape index (κ2) is 5.02. The standard InChI is InChI=1S/C12H18ClN3/c1-15(2)10-5-7-16(8-6-10)11-3-4-12(13)14-9-11/h3-4,9-10H,5-8H2,1-2H3. The van der Waals surface area contributed by atoms with Crippen molar-refractivity contribution in [2.75, 3.05) is 32.1 Å². The highest BCUT2D eigenvalue weighted by atomic mass is 35.5. The lowest BCUT2D eigenvalue weighted by Gasteiger charge is -2.36. The molecule has 0 aliphatic carbocycles. The van der Waals surface area contributed by atoms with Crippen molar-refractivity contribution in [3.8, 4) is 0 Å². The fraction of sp³-hybridized carbons (Fsp3) is 0.583. The number of piperidine rings is 1. The van der Waals surface area contributed by atoms with Gasteiger partial charge in [0.25, 0.3) is 0 Å². The molecule has 1 aliphatic rings. The van der Waals surface area contributed by atoms with Gasteiger partial charge in [0.2, 0.25) is 0 Å². The summed E-state index contributed by atoms with van der Waals surface area (Å²) < 4.78 is 0. The SMILES string of the molecule is CN(C)C1CCN(c2ccc(Cl)nc2)CC1. The van der Waals surface area contributed by atoms with Gasteiger partial charge < -0.3 is 9.80 Å². The number of pyridine rings is 1. The van der Waals surface area contributed by atoms with Gasteiger partial charge in [-0.3, -0.25) is 0 Å². The molecule has 88 valence electrons. The molecular formula is C12H18ClN3. The fourth-order valence-corrected chi connectivity index (χ4v) is 2.31. The highest BCUT2D eigenvalue weighted by Gasteiger charge is 2.20. The van der Waals surface area contributed by atoms with E-state index in [1.54, 1.807) is 0 Å². The first-order chi connectivity index (χ1) is 7.66. The summed E-state index contributed by atoms with van der Waals surface area (Å²) in [7, 11) is 4.31. The molecule has 16 heavy (non-hydrogen) atoms. The number of aromatic nitrogens is 1. The first kappa shape index (κ1) is 11.7. The number of rotatable bonds is 2. The Balaban J connectivity index is 1.96. The quantitative estimate of drug-likeness (QED) is 0.739. The van der Waals surface area contributed by atoms with Crippen LogP contribution in [0.4, 0.5) is 5.69 Å². The highest BCUT2D eigenvalue weighted by molar-refractivity contribution is 6.29. The fourth-order valence-electron chi connectivity index (χ4n) is 2.20. The molecule has 0 N–H and O–H groups in total. The number of hydrogen-bond acceptors (Lipinski definition) is 3. The van der Waals surface area contributed by atoms with Gasteiger partial charge in [-0.25, -0.2) is 4.98 Å². The van der Waals surface area contributed by atoms with Gasteiger partial charge in [0, 0.05) is 19.1 Å². The molecule has 1 saturated heterocycles. The van der Waals surface area contributed by atoms with Crippen LogP contribution >= 0.6 is 11.6 Å². The molecule has 1 aromatic rings. The second-order valence-corrected chi connectivity index (χ2v) is 4.91. The zero-order valence-electron chi connectivity index (χ0n) is 9.86. The van der Waals surface area contributed by atoms with E-state index in [1.807, 2.05) is 18.3 Å². The summed E-state index contributed by atoms with van der Waals surface area (Å²) in [6.07, 6.45) is 4.30. The summed E-state index contributed by atoms with van der Waals surface area (Å²) in [5.41, 5.74) is 1.18. The number of halogens is 1. The third-order valence-electron chi connectivity index (χ3n) is 3.27. The van der Waals surface area contributed by atoms with Gasteiger partial charge in [-0.1, -0.05) is 11.6 Å². The van der Waals surface area contributed by atoms with E-state index in [1.165, 1.54) is 18.5 Å². The van der Waals surface area contributed by atoms with Crippen LogP contribution in [-0.4, -0.2) is 43.1 Å². The van der Waals surface area contributed by atoms with Crippen molar-refractivity contribution < 1.29 is 0 Å². The summed E-state index contributed by atoms with van der Waals surface area (Å²) in [5, 5.41) is 0.562. The Hall–Kier alpha value is -0.800. The van der Waals surface area contributed by atoms with Crippen LogP contribution in [0.3, 0.4) is 0 Å². The minimum atomic E-state index is 0.562. The van der Waals surface area contributed by atoms with Crippen molar-refractivity contribution in [3.05, 3.63) is 23.5 Å². The largest absolute Gasteiger partial charge is 0.370 e. The number of anilines is 1. The third-order valence-corrected chi connectivity index (χ3v) is 3.50. The monoisotopic (exact) mass is 239 g/mol. The van der Waals surface area contributed by atoms with Crippen LogP contribution in [-0.2, 0) is 0 Å². The van der Waals surface area contributed by atoms with E-state index in [-0.39, 0.29) is 0 Å². The molecule has 0 atom stereocenters. The Kier molecular flexibility index (Phi) is 3.66. The molecule has 2 rings (SSSR count). The molecule has 0 saturated carbocycles. The maximum atomic E-state index is 5.78. The van der Waals surface area contributed by atoms with E-state index in [9.17, 15) is 0 Å². The van der Waals surface area contributed by atoms with E-state index in [0.29, 0.717) is 5.15 Å². The zero-order chi connectivity index (χ0) is 11.5. The van der Waals surface area contributed by atoms with Crippen molar-refractivity contribution in [1.29, 1.82) is 0 Å². The van der Waals surface area contributed by atoms with E-state index in [2.05, 4.69) is 28.9 Å². The maximum absolute atomic E-state index is 5.78. The smallest absolute Gasteiger partial charge is 0.129 e. The molecule has 2 heterocycles. The van der Waals surface area contributed by atoms with Gasteiger partial charge in [-0.05, 0) is 39.1 Å². The normalized spacial score (nSPS) is 18.1. The summed E-state index contributed by atoms with van der Waals surface area (Å²) >= 11 is 5.78. The molecule has 1 fully saturated rings. The summed E-state index contributed by atoms with van der Waals surface area (Å²) in [5.74, 6) is 0. The van der Waals surface area contributed by atoms with E-state index >= 15 is 0 Å². The Bertz CT molecular complexity index is 329. The lowest BCUT2D eigenvalue weighted by molar-refractivity contribution is 0.249. The van der Waals surface area contributed by atoms with Gasteiger partial charge in [0.15, 0.2) is 0 Å². The third kappa shape index (κ3) is 2.66. The Morgan fingerprint density at radius 3 is 2.50 bits per heavy atom. The minimum Gasteiger partial charge on any atom is -0.370 e. The van der Waals surface area contributed by atoms with Gasteiger partial charge in [-0.2, -0.15) is 0 Å². The van der Waals surface area contributed by atoms with Gasteiger partial charge >= 0.3 is 0 Å². The Morgan fingerprint density at radius 1 is 1.31 bits per heavy atom. The lowest BCUT2D eigenvalue weighted by Crippen LogP contribution is -2.42. The first-order valence-corrected chi connectivity index (χ1v) is 6.07. The highest BCUT2D eigenvalue weighted by Crippen LogP contribution is 2.21. The van der Waals surface area contributed by atoms with Crippen molar-refractivity contribution in [2.24, 2.45) is 0 Å². The van der Waals surface area contributed by atoms with Gasteiger partial charge in [-0.15, -0.1) is 0 Å². The van der Waals surface area contributed by atoms with Crippen LogP contribution in [0.25, 0.3) is 0 Å². The summed E-state index contributed by atoms with van der Waals surface area (Å²) in [4.78, 5) is 8.82. The average molecular weight is 240 g/mol. The van der Waals surface area contributed by atoms with Crippen molar-refractivity contribution in [2.45, 2.75) is 18.9 Å². The maximum Gasteiger partial charge on any atom is 0.129 e. The first-order valence-electron chi connectivity index (χ1n) is 5.70. The molecule has 0 bridgehead atoms. The molecule has 0 spiro atoms. The van der Waals surface area contributed by atoms with Crippen molar-refractivity contribution in [1.82, 2.24) is 9.88 Å². The van der Waals surface area contributed by atoms with E-state index in [0.717, 1.165) is 19.1 Å². The zero-order valence-corrected chi connectivity index (χ0v) is 10.6. The molecule has 3 nitrogen and oxygen atoms in total. The van der Waals surface area contributed by atoms with Gasteiger partial charge in [0.1, 0.15) is 5.15 Å². The van der Waals surface area contributed by atoms with E-state index in [4.69, 9.17) is 11.6 Å². The molecule has 0 amide bonds. The molecular weight excluding hydrogens is 222 g/mol. The van der Waals surface area contributed by atoms with Crippen LogP contribution in [0.2, 0.25) is 5.15 Å². The topological polar surface area (TPSA) is 19.4 Å². The van der Waals surface area contributed by atoms with E-state index < -0.39 is 0 Å². The number of nitrogens with zero attached hydrogens (tertiary/aromatic N) is 3. The second-order valence-electron chi connectivity index (χ2n) is 4.52. The van der Waals surface area contributed by atoms with Crippen molar-refractivity contribution >= 4 is 17.3 Å². The minimum absolute atomic E-state index is 0.562. The molecule has 1 aliphatic heterocycles. The summed E-state index contributed by atoms with van der Waals surface area (Å²) in [6.45, 7) is 2.21. The number of hydrogen-bond donors (Lipinski definition) is 0. The predicted octanol–water partition coefficient (Wildman–Crippen LogP) is 2.27. The van der Waals surface area contributed by atoms with Crippen molar-refractivity contribution in [3.63, 3.8) is 0 Å². The van der Waals surface area contributed by atoms with Crippen LogP contribution in [0.1, 0.15) is 12.8 Å². The molecule has 0 unspecified atom stereocenters. The summed E-state index contributed by atoms with van der Waals surface area (Å²) in [6, 6.07) is 4.62. The van der Waals surface area contributed by atoms with Crippen LogP contribution in [0.5, 0.6) is 0 Å². The van der Waals surface area contributed by atoms with Crippen LogP contribution < -0.4 is 4.90 Å². The lowest BCUT2D eigenvalue weighted by atomic mass is 10.0. The van der Waals surface area contributed by atoms with Crippen LogP contribution in [0.15, 0.2) is 18.3 Å². The van der Waals surface area contributed by atoms with Crippen LogP contribution in [0, 0.1) is 0 Å².